The highest BCUT2D eigenvalue weighted by Crippen LogP contribution is 2.07. The summed E-state index contributed by atoms with van der Waals surface area (Å²) >= 11 is 0. The Kier molecular flexibility index (Phi) is 2.95. The van der Waals surface area contributed by atoms with Crippen LogP contribution in [0.1, 0.15) is 20.8 Å². The minimum atomic E-state index is -0.662. The summed E-state index contributed by atoms with van der Waals surface area (Å²) in [6.45, 7) is 5.37. The molecule has 1 aliphatic heterocycles. The molecule has 2 N–H and O–H groups in total. The van der Waals surface area contributed by atoms with Crippen LogP contribution in [0.3, 0.4) is 0 Å². The molecule has 0 saturated carbocycles. The Balaban J connectivity index is 2.37. The second-order valence-corrected chi connectivity index (χ2v) is 3.98. The van der Waals surface area contributed by atoms with Gasteiger partial charge in [-0.3, -0.25) is 9.63 Å². The van der Waals surface area contributed by atoms with E-state index < -0.39 is 17.7 Å². The van der Waals surface area contributed by atoms with Gasteiger partial charge in [0.2, 0.25) is 0 Å². The van der Waals surface area contributed by atoms with Gasteiger partial charge in [0.15, 0.2) is 0 Å². The summed E-state index contributed by atoms with van der Waals surface area (Å²) in [5.41, 5.74) is 1.56. The summed E-state index contributed by atoms with van der Waals surface area (Å²) in [5.74, 6) is -0.365. The lowest BCUT2D eigenvalue weighted by atomic mass is 10.2. The number of nitrogens with one attached hydrogen (secondary N) is 2. The van der Waals surface area contributed by atoms with Gasteiger partial charge in [0.25, 0.3) is 5.91 Å². The van der Waals surface area contributed by atoms with Gasteiger partial charge in [0, 0.05) is 0 Å². The normalized spacial score (nSPS) is 21.6. The molecule has 0 aliphatic carbocycles. The van der Waals surface area contributed by atoms with Crippen LogP contribution in [-0.4, -0.2) is 30.3 Å². The number of carbonyl (C=O) groups is 2. The summed E-state index contributed by atoms with van der Waals surface area (Å²) < 4.78 is 4.96. The van der Waals surface area contributed by atoms with Gasteiger partial charge in [-0.25, -0.2) is 10.3 Å². The minimum absolute atomic E-state index is 0.123. The highest BCUT2D eigenvalue weighted by molar-refractivity contribution is 5.86. The first-order chi connectivity index (χ1) is 6.38. The van der Waals surface area contributed by atoms with E-state index >= 15 is 0 Å². The Hall–Kier alpha value is -1.30. The van der Waals surface area contributed by atoms with Gasteiger partial charge >= 0.3 is 6.09 Å². The molecular weight excluding hydrogens is 188 g/mol. The molecule has 1 fully saturated rings. The van der Waals surface area contributed by atoms with Gasteiger partial charge in [0.1, 0.15) is 18.2 Å². The number of ether oxygens (including phenoxy) is 1. The zero-order valence-corrected chi connectivity index (χ0v) is 8.42. The third kappa shape index (κ3) is 3.21. The SMILES string of the molecule is CC(C)(C)OC(=O)N[C@@H]1CONC1=O. The molecule has 0 spiro atoms. The van der Waals surface area contributed by atoms with Crippen LogP contribution >= 0.6 is 0 Å². The Labute approximate surface area is 81.9 Å². The first-order valence-electron chi connectivity index (χ1n) is 4.29. The Morgan fingerprint density at radius 1 is 1.64 bits per heavy atom. The Bertz CT molecular complexity index is 246. The predicted molar refractivity (Wildman–Crippen MR) is 47.3 cm³/mol. The van der Waals surface area contributed by atoms with Crippen molar-refractivity contribution in [2.45, 2.75) is 32.4 Å². The fourth-order valence-electron chi connectivity index (χ4n) is 0.900. The molecule has 0 bridgehead atoms. The van der Waals surface area contributed by atoms with Crippen molar-refractivity contribution in [2.24, 2.45) is 0 Å². The molecule has 0 aromatic carbocycles. The van der Waals surface area contributed by atoms with Crippen molar-refractivity contribution < 1.29 is 19.2 Å². The van der Waals surface area contributed by atoms with E-state index in [0.29, 0.717) is 0 Å². The minimum Gasteiger partial charge on any atom is -0.444 e. The van der Waals surface area contributed by atoms with E-state index in [9.17, 15) is 9.59 Å². The fraction of sp³-hybridized carbons (Fsp3) is 0.750. The Morgan fingerprint density at radius 3 is 2.71 bits per heavy atom. The van der Waals surface area contributed by atoms with Gasteiger partial charge in [-0.1, -0.05) is 0 Å². The molecule has 6 nitrogen and oxygen atoms in total. The first kappa shape index (κ1) is 10.8. The van der Waals surface area contributed by atoms with Crippen LogP contribution in [0.4, 0.5) is 4.79 Å². The third-order valence-electron chi connectivity index (χ3n) is 1.43. The summed E-state index contributed by atoms with van der Waals surface area (Å²) in [7, 11) is 0. The van der Waals surface area contributed by atoms with E-state index in [-0.39, 0.29) is 12.5 Å². The van der Waals surface area contributed by atoms with Gasteiger partial charge in [-0.05, 0) is 20.8 Å². The predicted octanol–water partition coefficient (Wildman–Crippen LogP) is -0.0589. The van der Waals surface area contributed by atoms with Crippen LogP contribution in [0.5, 0.6) is 0 Å². The maximum Gasteiger partial charge on any atom is 0.408 e. The van der Waals surface area contributed by atoms with Crippen molar-refractivity contribution in [2.75, 3.05) is 6.61 Å². The topological polar surface area (TPSA) is 76.7 Å². The summed E-state index contributed by atoms with van der Waals surface area (Å²) in [6, 6.07) is -0.662. The third-order valence-corrected chi connectivity index (χ3v) is 1.43. The van der Waals surface area contributed by atoms with Crippen molar-refractivity contribution in [1.29, 1.82) is 0 Å². The zero-order valence-electron chi connectivity index (χ0n) is 8.42. The van der Waals surface area contributed by atoms with Crippen molar-refractivity contribution in [3.05, 3.63) is 0 Å². The van der Waals surface area contributed by atoms with Crippen LogP contribution in [0, 0.1) is 0 Å². The number of hydrogen-bond donors (Lipinski definition) is 2. The lowest BCUT2D eigenvalue weighted by Gasteiger charge is -2.20. The summed E-state index contributed by atoms with van der Waals surface area (Å²) in [4.78, 5) is 26.8. The quantitative estimate of drug-likeness (QED) is 0.624. The second kappa shape index (κ2) is 3.83. The highest BCUT2D eigenvalue weighted by atomic mass is 16.7. The average molecular weight is 202 g/mol. The number of amides is 2. The number of hydroxylamine groups is 1. The average Bonchev–Trinajstić information content (AvgIpc) is 2.32. The van der Waals surface area contributed by atoms with E-state index in [1.165, 1.54) is 0 Å². The molecule has 6 heteroatoms. The van der Waals surface area contributed by atoms with E-state index in [0.717, 1.165) is 0 Å². The van der Waals surface area contributed by atoms with Gasteiger partial charge < -0.3 is 10.1 Å². The molecule has 1 heterocycles. The smallest absolute Gasteiger partial charge is 0.408 e. The summed E-state index contributed by atoms with van der Waals surface area (Å²) in [5, 5.41) is 2.39. The molecule has 2 amide bonds. The standard InChI is InChI=1S/C8H14N2O4/c1-8(2,3)14-7(12)9-5-4-13-10-6(5)11/h5H,4H2,1-3H3,(H,9,12)(H,10,11)/t5-/m1/s1. The van der Waals surface area contributed by atoms with Crippen molar-refractivity contribution in [1.82, 2.24) is 10.8 Å². The van der Waals surface area contributed by atoms with Gasteiger partial charge in [-0.2, -0.15) is 0 Å². The fourth-order valence-corrected chi connectivity index (χ4v) is 0.900. The maximum absolute atomic E-state index is 11.2. The molecule has 0 radical (unpaired) electrons. The highest BCUT2D eigenvalue weighted by Gasteiger charge is 2.28. The van der Waals surface area contributed by atoms with Crippen LogP contribution in [0.15, 0.2) is 0 Å². The van der Waals surface area contributed by atoms with Crippen molar-refractivity contribution >= 4 is 12.0 Å². The zero-order chi connectivity index (χ0) is 10.8. The van der Waals surface area contributed by atoms with Crippen LogP contribution < -0.4 is 10.8 Å². The largest absolute Gasteiger partial charge is 0.444 e. The number of hydrogen-bond acceptors (Lipinski definition) is 4. The molecule has 80 valence electrons. The number of rotatable bonds is 1. The van der Waals surface area contributed by atoms with Crippen molar-refractivity contribution in [3.8, 4) is 0 Å². The van der Waals surface area contributed by atoms with Gasteiger partial charge in [0.05, 0.1) is 0 Å². The molecule has 0 unspecified atom stereocenters. The lowest BCUT2D eigenvalue weighted by Crippen LogP contribution is -2.44. The van der Waals surface area contributed by atoms with Gasteiger partial charge in [-0.15, -0.1) is 0 Å². The molecule has 0 aromatic rings. The monoisotopic (exact) mass is 202 g/mol. The van der Waals surface area contributed by atoms with E-state index in [4.69, 9.17) is 4.74 Å². The number of carbonyl (C=O) groups excluding carboxylic acids is 2. The first-order valence-corrected chi connectivity index (χ1v) is 4.29. The maximum atomic E-state index is 11.2. The van der Waals surface area contributed by atoms with Crippen molar-refractivity contribution in [3.63, 3.8) is 0 Å². The molecular formula is C8H14N2O4. The van der Waals surface area contributed by atoms with Crippen LogP contribution in [0.25, 0.3) is 0 Å². The van der Waals surface area contributed by atoms with E-state index in [2.05, 4.69) is 15.6 Å². The second-order valence-electron chi connectivity index (χ2n) is 3.98. The Morgan fingerprint density at radius 2 is 2.29 bits per heavy atom. The molecule has 1 saturated heterocycles. The van der Waals surface area contributed by atoms with Crippen LogP contribution in [0.2, 0.25) is 0 Å². The number of alkyl carbamates (subject to hydrolysis) is 1. The molecule has 1 atom stereocenters. The van der Waals surface area contributed by atoms with Crippen LogP contribution in [-0.2, 0) is 14.4 Å². The molecule has 0 aromatic heterocycles. The van der Waals surface area contributed by atoms with E-state index in [1.54, 1.807) is 20.8 Å². The lowest BCUT2D eigenvalue weighted by molar-refractivity contribution is -0.125. The van der Waals surface area contributed by atoms with E-state index in [1.807, 2.05) is 0 Å². The molecule has 1 rings (SSSR count). The summed E-state index contributed by atoms with van der Waals surface area (Å²) in [6.07, 6.45) is -0.622. The molecule has 1 aliphatic rings. The molecule has 14 heavy (non-hydrogen) atoms.